The lowest BCUT2D eigenvalue weighted by atomic mass is 10.1. The monoisotopic (exact) mass is 497 g/mol. The molecule has 182 valence electrons. The van der Waals surface area contributed by atoms with E-state index in [0.717, 1.165) is 12.1 Å². The van der Waals surface area contributed by atoms with Gasteiger partial charge in [-0.15, -0.1) is 0 Å². The van der Waals surface area contributed by atoms with E-state index in [4.69, 9.17) is 17.3 Å². The molecule has 2 aromatic rings. The SMILES string of the molecule is NC(=O)N[C@H](C(=O)N1CCN(CC(=O)Nc2ccc(Cl)c(C(F)(F)F)c2)CC1)c1ccccc1. The van der Waals surface area contributed by atoms with E-state index in [9.17, 15) is 27.6 Å². The van der Waals surface area contributed by atoms with Crippen LogP contribution in [0.4, 0.5) is 23.7 Å². The highest BCUT2D eigenvalue weighted by atomic mass is 35.5. The first-order valence-electron chi connectivity index (χ1n) is 10.3. The maximum Gasteiger partial charge on any atom is 0.417 e. The van der Waals surface area contributed by atoms with Crippen LogP contribution >= 0.6 is 11.6 Å². The molecule has 4 amide bonds. The Kier molecular flexibility index (Phi) is 8.00. The number of urea groups is 1. The summed E-state index contributed by atoms with van der Waals surface area (Å²) < 4.78 is 39.0. The summed E-state index contributed by atoms with van der Waals surface area (Å²) in [6, 6.07) is 10.1. The molecule has 0 spiro atoms. The predicted molar refractivity (Wildman–Crippen MR) is 120 cm³/mol. The van der Waals surface area contributed by atoms with Gasteiger partial charge in [-0.2, -0.15) is 13.2 Å². The minimum atomic E-state index is -4.64. The molecule has 12 heteroatoms. The summed E-state index contributed by atoms with van der Waals surface area (Å²) >= 11 is 5.60. The number of rotatable bonds is 6. The van der Waals surface area contributed by atoms with Crippen molar-refractivity contribution in [2.45, 2.75) is 12.2 Å². The molecule has 1 aliphatic rings. The zero-order chi connectivity index (χ0) is 24.9. The Balaban J connectivity index is 1.56. The van der Waals surface area contributed by atoms with Crippen molar-refractivity contribution in [2.24, 2.45) is 5.73 Å². The first-order chi connectivity index (χ1) is 16.0. The predicted octanol–water partition coefficient (Wildman–Crippen LogP) is 2.85. The van der Waals surface area contributed by atoms with Crippen LogP contribution in [-0.4, -0.2) is 60.4 Å². The number of primary amides is 1. The summed E-state index contributed by atoms with van der Waals surface area (Å²) in [5.41, 5.74) is 4.78. The summed E-state index contributed by atoms with van der Waals surface area (Å²) in [7, 11) is 0. The third-order valence-corrected chi connectivity index (χ3v) is 5.60. The van der Waals surface area contributed by atoms with Crippen molar-refractivity contribution in [3.8, 4) is 0 Å². The molecule has 1 fully saturated rings. The molecule has 0 aliphatic carbocycles. The molecular formula is C22H23ClF3N5O3. The zero-order valence-corrected chi connectivity index (χ0v) is 18.7. The maximum absolute atomic E-state index is 13.0. The third-order valence-electron chi connectivity index (χ3n) is 5.27. The van der Waals surface area contributed by atoms with Gasteiger partial charge in [-0.1, -0.05) is 41.9 Å². The Bertz CT molecular complexity index is 1040. The summed E-state index contributed by atoms with van der Waals surface area (Å²) in [6.07, 6.45) is -4.64. The zero-order valence-electron chi connectivity index (χ0n) is 17.9. The second kappa shape index (κ2) is 10.7. The Morgan fingerprint density at radius 2 is 1.68 bits per heavy atom. The number of carbonyl (C=O) groups excluding carboxylic acids is 3. The molecule has 8 nitrogen and oxygen atoms in total. The number of benzene rings is 2. The van der Waals surface area contributed by atoms with Crippen molar-refractivity contribution < 1.29 is 27.6 Å². The van der Waals surface area contributed by atoms with Crippen LogP contribution in [0, 0.1) is 0 Å². The van der Waals surface area contributed by atoms with E-state index in [1.807, 2.05) is 0 Å². The number of nitrogens with one attached hydrogen (secondary N) is 2. The lowest BCUT2D eigenvalue weighted by Gasteiger charge is -2.36. The molecule has 1 atom stereocenters. The fourth-order valence-corrected chi connectivity index (χ4v) is 3.83. The van der Waals surface area contributed by atoms with Gasteiger partial charge in [0, 0.05) is 31.9 Å². The van der Waals surface area contributed by atoms with Crippen molar-refractivity contribution in [1.82, 2.24) is 15.1 Å². The van der Waals surface area contributed by atoms with Gasteiger partial charge in [0.15, 0.2) is 0 Å². The fraction of sp³-hybridized carbons (Fsp3) is 0.318. The number of alkyl halides is 3. The second-order valence-electron chi connectivity index (χ2n) is 7.69. The minimum Gasteiger partial charge on any atom is -0.352 e. The average molecular weight is 498 g/mol. The summed E-state index contributed by atoms with van der Waals surface area (Å²) in [5.74, 6) is -0.817. The van der Waals surface area contributed by atoms with Gasteiger partial charge in [-0.25, -0.2) is 4.79 Å². The van der Waals surface area contributed by atoms with Gasteiger partial charge in [0.05, 0.1) is 17.1 Å². The maximum atomic E-state index is 13.0. The number of halogens is 4. The number of carbonyl (C=O) groups is 3. The highest BCUT2D eigenvalue weighted by molar-refractivity contribution is 6.31. The quantitative estimate of drug-likeness (QED) is 0.570. The summed E-state index contributed by atoms with van der Waals surface area (Å²) in [6.45, 7) is 1.27. The van der Waals surface area contributed by atoms with Gasteiger partial charge in [0.25, 0.3) is 0 Å². The topological polar surface area (TPSA) is 108 Å². The number of piperazine rings is 1. The van der Waals surface area contributed by atoms with Crippen molar-refractivity contribution in [1.29, 1.82) is 0 Å². The van der Waals surface area contributed by atoms with Crippen molar-refractivity contribution >= 4 is 35.1 Å². The molecule has 0 radical (unpaired) electrons. The molecule has 0 bridgehead atoms. The Hall–Kier alpha value is -3.31. The average Bonchev–Trinajstić information content (AvgIpc) is 2.78. The Morgan fingerprint density at radius 3 is 2.26 bits per heavy atom. The first-order valence-corrected chi connectivity index (χ1v) is 10.7. The van der Waals surface area contributed by atoms with E-state index in [0.29, 0.717) is 31.7 Å². The van der Waals surface area contributed by atoms with Crippen molar-refractivity contribution in [3.05, 3.63) is 64.7 Å². The van der Waals surface area contributed by atoms with Crippen LogP contribution in [0.1, 0.15) is 17.2 Å². The molecule has 34 heavy (non-hydrogen) atoms. The number of nitrogens with two attached hydrogens (primary N) is 1. The molecule has 4 N–H and O–H groups in total. The highest BCUT2D eigenvalue weighted by Crippen LogP contribution is 2.36. The van der Waals surface area contributed by atoms with Gasteiger partial charge in [0.1, 0.15) is 6.04 Å². The Labute approximate surface area is 198 Å². The standard InChI is InChI=1S/C22H23ClF3N5O3/c23-17-7-6-15(12-16(17)22(24,25)26)28-18(32)13-30-8-10-31(11-9-30)20(33)19(29-21(27)34)14-4-2-1-3-5-14/h1-7,12,19H,8-11,13H2,(H,28,32)(H3,27,29,34)/t19-/m0/s1. The molecule has 3 rings (SSSR count). The second-order valence-corrected chi connectivity index (χ2v) is 8.10. The summed E-state index contributed by atoms with van der Waals surface area (Å²) in [5, 5.41) is 4.45. The van der Waals surface area contributed by atoms with E-state index >= 15 is 0 Å². The number of hydrogen-bond acceptors (Lipinski definition) is 4. The van der Waals surface area contributed by atoms with E-state index in [1.54, 1.807) is 40.1 Å². The normalized spacial score (nSPS) is 15.5. The third kappa shape index (κ3) is 6.61. The lowest BCUT2D eigenvalue weighted by Crippen LogP contribution is -2.53. The molecule has 0 aromatic heterocycles. The number of anilines is 1. The highest BCUT2D eigenvalue weighted by Gasteiger charge is 2.34. The number of hydrogen-bond donors (Lipinski definition) is 3. The number of nitrogens with zero attached hydrogens (tertiary/aromatic N) is 2. The molecule has 0 saturated carbocycles. The van der Waals surface area contributed by atoms with Crippen LogP contribution in [0.3, 0.4) is 0 Å². The van der Waals surface area contributed by atoms with Crippen molar-refractivity contribution in [3.63, 3.8) is 0 Å². The van der Waals surface area contributed by atoms with E-state index in [1.165, 1.54) is 6.07 Å². The van der Waals surface area contributed by atoms with Crippen LogP contribution < -0.4 is 16.4 Å². The van der Waals surface area contributed by atoms with E-state index in [2.05, 4.69) is 10.6 Å². The fourth-order valence-electron chi connectivity index (χ4n) is 3.61. The van der Waals surface area contributed by atoms with Crippen molar-refractivity contribution in [2.75, 3.05) is 38.0 Å². The molecule has 0 unspecified atom stereocenters. The van der Waals surface area contributed by atoms with Gasteiger partial charge < -0.3 is 21.3 Å². The van der Waals surface area contributed by atoms with Gasteiger partial charge >= 0.3 is 12.2 Å². The lowest BCUT2D eigenvalue weighted by molar-refractivity contribution is -0.137. The molecular weight excluding hydrogens is 475 g/mol. The molecule has 1 saturated heterocycles. The van der Waals surface area contributed by atoms with Gasteiger partial charge in [-0.05, 0) is 23.8 Å². The molecule has 1 aliphatic heterocycles. The Morgan fingerprint density at radius 1 is 1.03 bits per heavy atom. The van der Waals surface area contributed by atoms with Crippen LogP contribution in [0.2, 0.25) is 5.02 Å². The van der Waals surface area contributed by atoms with E-state index < -0.39 is 34.7 Å². The first kappa shape index (κ1) is 25.3. The largest absolute Gasteiger partial charge is 0.417 e. The smallest absolute Gasteiger partial charge is 0.352 e. The van der Waals surface area contributed by atoms with Crippen LogP contribution in [-0.2, 0) is 15.8 Å². The van der Waals surface area contributed by atoms with Gasteiger partial charge in [0.2, 0.25) is 11.8 Å². The van der Waals surface area contributed by atoms with Crippen LogP contribution in [0.5, 0.6) is 0 Å². The minimum absolute atomic E-state index is 0.0150. The summed E-state index contributed by atoms with van der Waals surface area (Å²) in [4.78, 5) is 40.1. The van der Waals surface area contributed by atoms with Gasteiger partial charge in [-0.3, -0.25) is 14.5 Å². The molecule has 2 aromatic carbocycles. The van der Waals surface area contributed by atoms with E-state index in [-0.39, 0.29) is 18.1 Å². The van der Waals surface area contributed by atoms with Crippen LogP contribution in [0.15, 0.2) is 48.5 Å². The van der Waals surface area contributed by atoms with Crippen LogP contribution in [0.25, 0.3) is 0 Å². The number of amides is 4. The molecule has 1 heterocycles.